The quantitative estimate of drug-likeness (QED) is 0.931. The average molecular weight is 274 g/mol. The topological polar surface area (TPSA) is 34.1 Å². The molecule has 4 heteroatoms. The van der Waals surface area contributed by atoms with E-state index in [1.807, 2.05) is 6.92 Å². The number of hydrogen-bond donors (Lipinski definition) is 1. The minimum atomic E-state index is 0.172. The second-order valence-corrected chi connectivity index (χ2v) is 5.76. The maximum Gasteiger partial charge on any atom is 0.107 e. The minimum Gasteiger partial charge on any atom is -0.372 e. The number of fused-ring (bicyclic) bond motifs is 1. The molecule has 2 aromatic rings. The number of ether oxygens (including phenoxy) is 1. The summed E-state index contributed by atoms with van der Waals surface area (Å²) in [5.41, 5.74) is 3.85. The number of aromatic nitrogens is 1. The highest BCUT2D eigenvalue weighted by Crippen LogP contribution is 2.26. The van der Waals surface area contributed by atoms with Gasteiger partial charge in [-0.25, -0.2) is 4.98 Å². The summed E-state index contributed by atoms with van der Waals surface area (Å²) in [6, 6.07) is 8.57. The fourth-order valence-electron chi connectivity index (χ4n) is 2.44. The number of rotatable bonds is 4. The van der Waals surface area contributed by atoms with Gasteiger partial charge in [0, 0.05) is 24.2 Å². The van der Waals surface area contributed by atoms with Gasteiger partial charge in [0.15, 0.2) is 0 Å². The van der Waals surface area contributed by atoms with Gasteiger partial charge in [-0.15, -0.1) is 11.3 Å². The third kappa shape index (κ3) is 3.03. The number of benzene rings is 1. The number of hydrogen-bond acceptors (Lipinski definition) is 4. The van der Waals surface area contributed by atoms with E-state index >= 15 is 0 Å². The predicted octanol–water partition coefficient (Wildman–Crippen LogP) is 2.86. The average Bonchev–Trinajstić information content (AvgIpc) is 2.85. The van der Waals surface area contributed by atoms with Crippen LogP contribution in [0.2, 0.25) is 0 Å². The SMILES string of the molecule is Cc1csc(CNCC2OCCc3ccccc32)n1. The lowest BCUT2D eigenvalue weighted by molar-refractivity contribution is 0.0423. The van der Waals surface area contributed by atoms with Crippen molar-refractivity contribution in [2.24, 2.45) is 0 Å². The van der Waals surface area contributed by atoms with Gasteiger partial charge in [-0.05, 0) is 24.5 Å². The molecule has 0 fully saturated rings. The maximum absolute atomic E-state index is 5.87. The lowest BCUT2D eigenvalue weighted by atomic mass is 9.97. The molecule has 1 aliphatic rings. The van der Waals surface area contributed by atoms with Crippen LogP contribution in [0.25, 0.3) is 0 Å². The minimum absolute atomic E-state index is 0.172. The Morgan fingerprint density at radius 2 is 2.32 bits per heavy atom. The van der Waals surface area contributed by atoms with Crippen molar-refractivity contribution in [3.8, 4) is 0 Å². The van der Waals surface area contributed by atoms with Gasteiger partial charge in [-0.3, -0.25) is 0 Å². The molecular weight excluding hydrogens is 256 g/mol. The van der Waals surface area contributed by atoms with Crippen LogP contribution in [0.15, 0.2) is 29.6 Å². The maximum atomic E-state index is 5.87. The molecule has 0 spiro atoms. The summed E-state index contributed by atoms with van der Waals surface area (Å²) in [5.74, 6) is 0. The zero-order chi connectivity index (χ0) is 13.1. The third-order valence-corrected chi connectivity index (χ3v) is 4.33. The second-order valence-electron chi connectivity index (χ2n) is 4.82. The summed E-state index contributed by atoms with van der Waals surface area (Å²) in [7, 11) is 0. The van der Waals surface area contributed by atoms with Gasteiger partial charge >= 0.3 is 0 Å². The first kappa shape index (κ1) is 12.8. The molecular formula is C15H18N2OS. The highest BCUT2D eigenvalue weighted by atomic mass is 32.1. The molecule has 0 saturated heterocycles. The van der Waals surface area contributed by atoms with Crippen LogP contribution in [0, 0.1) is 6.92 Å². The molecule has 0 bridgehead atoms. The normalized spacial score (nSPS) is 18.3. The summed E-state index contributed by atoms with van der Waals surface area (Å²) < 4.78 is 5.87. The fraction of sp³-hybridized carbons (Fsp3) is 0.400. The van der Waals surface area contributed by atoms with E-state index in [2.05, 4.69) is 39.9 Å². The van der Waals surface area contributed by atoms with Crippen LogP contribution >= 0.6 is 11.3 Å². The molecule has 2 heterocycles. The van der Waals surface area contributed by atoms with E-state index in [4.69, 9.17) is 4.74 Å². The Labute approximate surface area is 117 Å². The first-order chi connectivity index (χ1) is 9.33. The summed E-state index contributed by atoms with van der Waals surface area (Å²) >= 11 is 1.71. The Hall–Kier alpha value is -1.23. The summed E-state index contributed by atoms with van der Waals surface area (Å²) in [6.45, 7) is 4.51. The van der Waals surface area contributed by atoms with E-state index in [9.17, 15) is 0 Å². The smallest absolute Gasteiger partial charge is 0.107 e. The van der Waals surface area contributed by atoms with Crippen molar-refractivity contribution >= 4 is 11.3 Å². The number of aryl methyl sites for hydroxylation is 1. The zero-order valence-electron chi connectivity index (χ0n) is 11.1. The number of nitrogens with zero attached hydrogens (tertiary/aromatic N) is 1. The van der Waals surface area contributed by atoms with E-state index in [-0.39, 0.29) is 6.10 Å². The van der Waals surface area contributed by atoms with Crippen molar-refractivity contribution in [1.82, 2.24) is 10.3 Å². The summed E-state index contributed by atoms with van der Waals surface area (Å²) in [5, 5.41) is 6.68. The van der Waals surface area contributed by atoms with E-state index in [1.165, 1.54) is 11.1 Å². The molecule has 1 atom stereocenters. The van der Waals surface area contributed by atoms with Crippen LogP contribution in [0.3, 0.4) is 0 Å². The summed E-state index contributed by atoms with van der Waals surface area (Å²) in [6.07, 6.45) is 1.20. The molecule has 0 radical (unpaired) electrons. The number of thiazole rings is 1. The van der Waals surface area contributed by atoms with Gasteiger partial charge in [0.25, 0.3) is 0 Å². The molecule has 1 aromatic heterocycles. The van der Waals surface area contributed by atoms with E-state index in [0.29, 0.717) is 0 Å². The Morgan fingerprint density at radius 1 is 1.42 bits per heavy atom. The van der Waals surface area contributed by atoms with Crippen LogP contribution in [0.4, 0.5) is 0 Å². The Balaban J connectivity index is 1.59. The van der Waals surface area contributed by atoms with Crippen LogP contribution < -0.4 is 5.32 Å². The highest BCUT2D eigenvalue weighted by Gasteiger charge is 2.19. The van der Waals surface area contributed by atoms with Crippen molar-refractivity contribution in [2.45, 2.75) is 26.0 Å². The first-order valence-electron chi connectivity index (χ1n) is 6.64. The van der Waals surface area contributed by atoms with Gasteiger partial charge in [0.2, 0.25) is 0 Å². The molecule has 1 unspecified atom stereocenters. The highest BCUT2D eigenvalue weighted by molar-refractivity contribution is 7.09. The fourth-order valence-corrected chi connectivity index (χ4v) is 3.18. The van der Waals surface area contributed by atoms with Gasteiger partial charge < -0.3 is 10.1 Å². The van der Waals surface area contributed by atoms with Gasteiger partial charge in [0.05, 0.1) is 12.7 Å². The Morgan fingerprint density at radius 3 is 3.16 bits per heavy atom. The van der Waals surface area contributed by atoms with Crippen molar-refractivity contribution in [3.63, 3.8) is 0 Å². The van der Waals surface area contributed by atoms with E-state index in [1.54, 1.807) is 11.3 Å². The van der Waals surface area contributed by atoms with Crippen LogP contribution in [-0.2, 0) is 17.7 Å². The zero-order valence-corrected chi connectivity index (χ0v) is 11.9. The van der Waals surface area contributed by atoms with Gasteiger partial charge in [0.1, 0.15) is 5.01 Å². The Bertz CT molecular complexity index is 553. The van der Waals surface area contributed by atoms with Crippen LogP contribution in [0.1, 0.15) is 27.9 Å². The first-order valence-corrected chi connectivity index (χ1v) is 7.52. The Kier molecular flexibility index (Phi) is 3.92. The monoisotopic (exact) mass is 274 g/mol. The predicted molar refractivity (Wildman–Crippen MR) is 77.4 cm³/mol. The van der Waals surface area contributed by atoms with Crippen molar-refractivity contribution < 1.29 is 4.74 Å². The molecule has 0 saturated carbocycles. The standard InChI is InChI=1S/C15H18N2OS/c1-11-10-19-15(17-11)9-16-8-14-13-5-3-2-4-12(13)6-7-18-14/h2-5,10,14,16H,6-9H2,1H3. The van der Waals surface area contributed by atoms with Gasteiger partial charge in [-0.2, -0.15) is 0 Å². The molecule has 19 heavy (non-hydrogen) atoms. The molecule has 0 aliphatic carbocycles. The molecule has 0 amide bonds. The second kappa shape index (κ2) is 5.82. The lowest BCUT2D eigenvalue weighted by Gasteiger charge is -2.26. The summed E-state index contributed by atoms with van der Waals surface area (Å²) in [4.78, 5) is 4.45. The molecule has 1 aromatic carbocycles. The largest absolute Gasteiger partial charge is 0.372 e. The van der Waals surface area contributed by atoms with Crippen molar-refractivity contribution in [3.05, 3.63) is 51.5 Å². The molecule has 1 N–H and O–H groups in total. The van der Waals surface area contributed by atoms with Crippen molar-refractivity contribution in [1.29, 1.82) is 0 Å². The van der Waals surface area contributed by atoms with E-state index < -0.39 is 0 Å². The number of nitrogens with one attached hydrogen (secondary N) is 1. The van der Waals surface area contributed by atoms with Crippen LogP contribution in [0.5, 0.6) is 0 Å². The van der Waals surface area contributed by atoms with Crippen LogP contribution in [-0.4, -0.2) is 18.1 Å². The van der Waals surface area contributed by atoms with E-state index in [0.717, 1.165) is 36.8 Å². The third-order valence-electron chi connectivity index (χ3n) is 3.36. The van der Waals surface area contributed by atoms with Crippen molar-refractivity contribution in [2.75, 3.05) is 13.2 Å². The molecule has 3 nitrogen and oxygen atoms in total. The molecule has 3 rings (SSSR count). The lowest BCUT2D eigenvalue weighted by Crippen LogP contribution is -2.27. The molecule has 1 aliphatic heterocycles. The van der Waals surface area contributed by atoms with Gasteiger partial charge in [-0.1, -0.05) is 24.3 Å². The molecule has 100 valence electrons.